The summed E-state index contributed by atoms with van der Waals surface area (Å²) >= 11 is 0. The molecule has 0 aliphatic heterocycles. The number of benzene rings is 1. The number of ether oxygens (including phenoxy) is 1. The van der Waals surface area contributed by atoms with Crippen LogP contribution in [-0.2, 0) is 20.4 Å². The van der Waals surface area contributed by atoms with Crippen molar-refractivity contribution in [2.45, 2.75) is 104 Å². The maximum absolute atomic E-state index is 13.3. The van der Waals surface area contributed by atoms with Gasteiger partial charge in [-0.1, -0.05) is 38.0 Å². The average Bonchev–Trinajstić information content (AvgIpc) is 3.31. The van der Waals surface area contributed by atoms with Crippen LogP contribution in [0.3, 0.4) is 0 Å². The molecule has 188 valence electrons. The number of aromatic nitrogens is 2. The predicted molar refractivity (Wildman–Crippen MR) is 139 cm³/mol. The van der Waals surface area contributed by atoms with Gasteiger partial charge in [-0.2, -0.15) is 5.10 Å². The number of esters is 1. The first kappa shape index (κ1) is 23.3. The number of fused-ring (bicyclic) bond motifs is 5. The summed E-state index contributed by atoms with van der Waals surface area (Å²) in [5.74, 6) is 1.05. The van der Waals surface area contributed by atoms with E-state index in [4.69, 9.17) is 9.84 Å². The second-order valence-electron chi connectivity index (χ2n) is 13.2. The second kappa shape index (κ2) is 7.46. The fraction of sp³-hybridized carbons (Fsp3) is 0.677. The van der Waals surface area contributed by atoms with Crippen LogP contribution < -0.4 is 0 Å². The van der Waals surface area contributed by atoms with Crippen molar-refractivity contribution in [1.29, 1.82) is 0 Å². The Labute approximate surface area is 210 Å². The monoisotopic (exact) mass is 474 g/mol. The number of nitrogens with zero attached hydrogens (tertiary/aromatic N) is 2. The van der Waals surface area contributed by atoms with E-state index in [0.29, 0.717) is 18.4 Å². The molecule has 6 atom stereocenters. The molecule has 1 heterocycles. The lowest BCUT2D eigenvalue weighted by molar-refractivity contribution is -0.180. The third-order valence-electron chi connectivity index (χ3n) is 11.2. The highest BCUT2D eigenvalue weighted by Gasteiger charge is 2.68. The summed E-state index contributed by atoms with van der Waals surface area (Å²) in [4.78, 5) is 13.3. The highest BCUT2D eigenvalue weighted by atomic mass is 16.5. The molecule has 4 aliphatic rings. The van der Waals surface area contributed by atoms with Crippen molar-refractivity contribution in [2.75, 3.05) is 6.61 Å². The van der Waals surface area contributed by atoms with Crippen molar-refractivity contribution in [1.82, 2.24) is 9.78 Å². The number of hydrogen-bond acceptors (Lipinski definition) is 3. The van der Waals surface area contributed by atoms with Gasteiger partial charge in [0.1, 0.15) is 0 Å². The van der Waals surface area contributed by atoms with Crippen LogP contribution in [-0.4, -0.2) is 22.4 Å². The van der Waals surface area contributed by atoms with E-state index in [0.717, 1.165) is 19.3 Å². The van der Waals surface area contributed by atoms with Crippen LogP contribution in [0, 0.1) is 36.5 Å². The molecule has 4 heteroatoms. The number of carbonyl (C=O) groups is 1. The minimum atomic E-state index is -0.351. The van der Waals surface area contributed by atoms with Gasteiger partial charge in [-0.05, 0) is 102 Å². The minimum absolute atomic E-state index is 0.0438. The quantitative estimate of drug-likeness (QED) is 0.451. The van der Waals surface area contributed by atoms with Crippen LogP contribution in [0.4, 0.5) is 0 Å². The number of hydrogen-bond donors (Lipinski definition) is 0. The molecule has 0 saturated heterocycles. The van der Waals surface area contributed by atoms with Gasteiger partial charge in [0.2, 0.25) is 0 Å². The summed E-state index contributed by atoms with van der Waals surface area (Å²) in [6, 6.07) is 6.74. The Morgan fingerprint density at radius 2 is 1.86 bits per heavy atom. The maximum Gasteiger partial charge on any atom is 0.312 e. The fourth-order valence-electron chi connectivity index (χ4n) is 9.93. The molecular weight excluding hydrogens is 432 g/mol. The summed E-state index contributed by atoms with van der Waals surface area (Å²) < 4.78 is 7.96. The Hall–Kier alpha value is -2.10. The van der Waals surface area contributed by atoms with E-state index >= 15 is 0 Å². The summed E-state index contributed by atoms with van der Waals surface area (Å²) in [7, 11) is 0. The first-order chi connectivity index (χ1) is 16.6. The largest absolute Gasteiger partial charge is 0.466 e. The lowest BCUT2D eigenvalue weighted by Gasteiger charge is -2.64. The van der Waals surface area contributed by atoms with Crippen LogP contribution in [0.15, 0.2) is 24.4 Å². The molecule has 0 N–H and O–H groups in total. The molecular formula is C31H42N2O2. The fourth-order valence-corrected chi connectivity index (χ4v) is 9.93. The second-order valence-corrected chi connectivity index (χ2v) is 13.2. The topological polar surface area (TPSA) is 44.1 Å². The zero-order valence-corrected chi connectivity index (χ0v) is 22.5. The van der Waals surface area contributed by atoms with Gasteiger partial charge in [0.05, 0.1) is 29.6 Å². The Bertz CT molecular complexity index is 1200. The summed E-state index contributed by atoms with van der Waals surface area (Å²) in [5, 5.41) is 5.06. The molecule has 0 unspecified atom stereocenters. The molecule has 4 aliphatic carbocycles. The molecule has 0 amide bonds. The van der Waals surface area contributed by atoms with Crippen molar-refractivity contribution in [3.63, 3.8) is 0 Å². The summed E-state index contributed by atoms with van der Waals surface area (Å²) in [6.45, 7) is 14.0. The van der Waals surface area contributed by atoms with Gasteiger partial charge in [-0.15, -0.1) is 0 Å². The molecule has 1 aromatic heterocycles. The molecule has 0 radical (unpaired) electrons. The van der Waals surface area contributed by atoms with Gasteiger partial charge in [0.15, 0.2) is 0 Å². The standard InChI is InChI=1S/C31H42N2O2/c1-7-35-27(34)30(6)14-8-13-29(5)24(30)12-16-31-19-28(4,15-11-25(29)31)26-22(31)18-32-33(26)23-10-9-20(2)17-21(23)3/h9-10,17-18,24-25H,7-8,11-16,19H2,1-6H3/t24-,25-,28-,29+,30+,31+/m0/s1. The first-order valence-corrected chi connectivity index (χ1v) is 13.9. The van der Waals surface area contributed by atoms with Gasteiger partial charge < -0.3 is 4.74 Å². The van der Waals surface area contributed by atoms with Gasteiger partial charge >= 0.3 is 5.97 Å². The third-order valence-corrected chi connectivity index (χ3v) is 11.2. The Kier molecular flexibility index (Phi) is 4.97. The third kappa shape index (κ3) is 2.92. The number of aryl methyl sites for hydroxylation is 2. The van der Waals surface area contributed by atoms with Crippen molar-refractivity contribution >= 4 is 5.97 Å². The molecule has 4 nitrogen and oxygen atoms in total. The van der Waals surface area contributed by atoms with E-state index in [2.05, 4.69) is 63.7 Å². The molecule has 3 fully saturated rings. The molecule has 2 aromatic rings. The normalized spacial score (nSPS) is 39.5. The van der Waals surface area contributed by atoms with Crippen LogP contribution in [0.1, 0.15) is 101 Å². The van der Waals surface area contributed by atoms with E-state index in [1.807, 2.05) is 6.92 Å². The summed E-state index contributed by atoms with van der Waals surface area (Å²) in [5.41, 5.74) is 6.99. The van der Waals surface area contributed by atoms with E-state index in [1.54, 1.807) is 0 Å². The Morgan fingerprint density at radius 3 is 2.60 bits per heavy atom. The first-order valence-electron chi connectivity index (χ1n) is 13.9. The minimum Gasteiger partial charge on any atom is -0.466 e. The molecule has 1 aromatic carbocycles. The van der Waals surface area contributed by atoms with Gasteiger partial charge in [-0.3, -0.25) is 4.79 Å². The molecule has 3 saturated carbocycles. The van der Waals surface area contributed by atoms with Crippen LogP contribution in [0.5, 0.6) is 0 Å². The van der Waals surface area contributed by atoms with Crippen molar-refractivity contribution in [2.24, 2.45) is 22.7 Å². The van der Waals surface area contributed by atoms with Crippen LogP contribution in [0.2, 0.25) is 0 Å². The van der Waals surface area contributed by atoms with Gasteiger partial charge in [0.25, 0.3) is 0 Å². The van der Waals surface area contributed by atoms with E-state index in [9.17, 15) is 4.79 Å². The highest BCUT2D eigenvalue weighted by Crippen LogP contribution is 2.73. The summed E-state index contributed by atoms with van der Waals surface area (Å²) in [6.07, 6.45) is 11.6. The van der Waals surface area contributed by atoms with Gasteiger partial charge in [0, 0.05) is 16.4 Å². The molecule has 1 spiro atoms. The number of carbonyl (C=O) groups excluding carboxylic acids is 1. The lowest BCUT2D eigenvalue weighted by atomic mass is 9.40. The zero-order valence-electron chi connectivity index (χ0n) is 22.5. The van der Waals surface area contributed by atoms with E-state index in [1.165, 1.54) is 60.2 Å². The molecule has 6 rings (SSSR count). The molecule has 2 bridgehead atoms. The van der Waals surface area contributed by atoms with Crippen LogP contribution in [0.25, 0.3) is 5.69 Å². The van der Waals surface area contributed by atoms with Crippen molar-refractivity contribution in [3.05, 3.63) is 46.8 Å². The SMILES string of the molecule is CCOC(=O)[C@]1(C)CCC[C@@]2(C)[C@@H]3CC[C@@]4(C)C[C@]3(CC[C@@H]21)c1cnn(-c2ccc(C)cc2C)c14. The zero-order chi connectivity index (χ0) is 24.8. The maximum atomic E-state index is 13.3. The van der Waals surface area contributed by atoms with E-state index in [-0.39, 0.29) is 27.6 Å². The Morgan fingerprint density at radius 1 is 1.09 bits per heavy atom. The average molecular weight is 475 g/mol. The Balaban J connectivity index is 1.45. The predicted octanol–water partition coefficient (Wildman–Crippen LogP) is 6.97. The molecule has 35 heavy (non-hydrogen) atoms. The lowest BCUT2D eigenvalue weighted by Crippen LogP contribution is -2.60. The smallest absolute Gasteiger partial charge is 0.312 e. The van der Waals surface area contributed by atoms with Crippen LogP contribution >= 0.6 is 0 Å². The van der Waals surface area contributed by atoms with Crippen molar-refractivity contribution < 1.29 is 9.53 Å². The van der Waals surface area contributed by atoms with Crippen molar-refractivity contribution in [3.8, 4) is 5.69 Å². The van der Waals surface area contributed by atoms with E-state index < -0.39 is 0 Å². The highest BCUT2D eigenvalue weighted by molar-refractivity contribution is 5.77. The van der Waals surface area contributed by atoms with Gasteiger partial charge in [-0.25, -0.2) is 4.68 Å². The number of rotatable bonds is 3.